The molecular formula is C11H15N3O4. The highest BCUT2D eigenvalue weighted by molar-refractivity contribution is 5.94. The van der Waals surface area contributed by atoms with Gasteiger partial charge in [0.1, 0.15) is 6.33 Å². The van der Waals surface area contributed by atoms with Crippen LogP contribution in [0, 0.1) is 0 Å². The summed E-state index contributed by atoms with van der Waals surface area (Å²) in [6.45, 7) is 1.70. The molecule has 7 heteroatoms. The molecule has 1 aromatic rings. The molecule has 0 aliphatic carbocycles. The smallest absolute Gasteiger partial charge is 0.305 e. The molecule has 1 rings (SSSR count). The summed E-state index contributed by atoms with van der Waals surface area (Å²) >= 11 is 0. The average molecular weight is 253 g/mol. The van der Waals surface area contributed by atoms with Gasteiger partial charge >= 0.3 is 5.97 Å². The number of rotatable bonds is 6. The Morgan fingerprint density at radius 1 is 1.44 bits per heavy atom. The zero-order valence-corrected chi connectivity index (χ0v) is 10.2. The van der Waals surface area contributed by atoms with Crippen molar-refractivity contribution >= 4 is 11.9 Å². The predicted molar refractivity (Wildman–Crippen MR) is 62.0 cm³/mol. The number of carboxylic acids is 1. The van der Waals surface area contributed by atoms with Crippen molar-refractivity contribution < 1.29 is 19.4 Å². The van der Waals surface area contributed by atoms with E-state index in [1.807, 2.05) is 0 Å². The topological polar surface area (TPSA) is 101 Å². The summed E-state index contributed by atoms with van der Waals surface area (Å²) in [7, 11) is 1.44. The van der Waals surface area contributed by atoms with Crippen LogP contribution in [0.25, 0.3) is 0 Å². The first-order valence-corrected chi connectivity index (χ1v) is 5.25. The second-order valence-corrected chi connectivity index (χ2v) is 4.15. The third kappa shape index (κ3) is 4.10. The van der Waals surface area contributed by atoms with Gasteiger partial charge in [-0.05, 0) is 6.92 Å². The Kier molecular flexibility index (Phi) is 4.73. The largest absolute Gasteiger partial charge is 0.481 e. The molecule has 18 heavy (non-hydrogen) atoms. The zero-order valence-electron chi connectivity index (χ0n) is 10.2. The van der Waals surface area contributed by atoms with Crippen molar-refractivity contribution in [1.29, 1.82) is 0 Å². The van der Waals surface area contributed by atoms with Crippen molar-refractivity contribution in [3.8, 4) is 0 Å². The molecule has 0 radical (unpaired) electrons. The molecule has 1 atom stereocenters. The summed E-state index contributed by atoms with van der Waals surface area (Å²) in [5.41, 5.74) is -0.710. The van der Waals surface area contributed by atoms with Crippen LogP contribution < -0.4 is 5.32 Å². The van der Waals surface area contributed by atoms with Gasteiger partial charge < -0.3 is 15.2 Å². The molecule has 1 amide bonds. The van der Waals surface area contributed by atoms with Crippen LogP contribution in [0.1, 0.15) is 23.7 Å². The Morgan fingerprint density at radius 2 is 2.06 bits per heavy atom. The van der Waals surface area contributed by atoms with E-state index in [0.717, 1.165) is 0 Å². The lowest BCUT2D eigenvalue weighted by molar-refractivity contribution is -0.139. The van der Waals surface area contributed by atoms with Crippen molar-refractivity contribution in [2.24, 2.45) is 0 Å². The standard InChI is InChI=1S/C11H15N3O4/c1-11(6-18-2,3-9(15)16)14-10(17)8-4-12-7-13-5-8/h4-5,7H,3,6H2,1-2H3,(H,14,17)(H,15,16). The third-order valence-electron chi connectivity index (χ3n) is 2.24. The summed E-state index contributed by atoms with van der Waals surface area (Å²) in [5.74, 6) is -1.45. The van der Waals surface area contributed by atoms with E-state index in [-0.39, 0.29) is 18.6 Å². The van der Waals surface area contributed by atoms with Crippen molar-refractivity contribution in [2.75, 3.05) is 13.7 Å². The molecule has 1 heterocycles. The van der Waals surface area contributed by atoms with Crippen molar-refractivity contribution in [3.05, 3.63) is 24.3 Å². The number of aliphatic carboxylic acids is 1. The molecule has 0 aliphatic rings. The van der Waals surface area contributed by atoms with Crippen LogP contribution in [0.15, 0.2) is 18.7 Å². The Morgan fingerprint density at radius 3 is 2.56 bits per heavy atom. The summed E-state index contributed by atoms with van der Waals surface area (Å²) in [4.78, 5) is 30.1. The van der Waals surface area contributed by atoms with Crippen LogP contribution in [0.4, 0.5) is 0 Å². The van der Waals surface area contributed by atoms with Gasteiger partial charge in [-0.3, -0.25) is 9.59 Å². The van der Waals surface area contributed by atoms with Crippen molar-refractivity contribution in [1.82, 2.24) is 15.3 Å². The van der Waals surface area contributed by atoms with Gasteiger partial charge in [-0.15, -0.1) is 0 Å². The molecule has 1 aromatic heterocycles. The first kappa shape index (κ1) is 14.0. The summed E-state index contributed by atoms with van der Waals surface area (Å²) in [5, 5.41) is 11.4. The van der Waals surface area contributed by atoms with E-state index in [2.05, 4.69) is 15.3 Å². The number of carboxylic acid groups (broad SMARTS) is 1. The predicted octanol–water partition coefficient (Wildman–Crippen LogP) is 0.0862. The second-order valence-electron chi connectivity index (χ2n) is 4.15. The van der Waals surface area contributed by atoms with Gasteiger partial charge in [0.15, 0.2) is 0 Å². The Hall–Kier alpha value is -2.02. The van der Waals surface area contributed by atoms with E-state index < -0.39 is 17.4 Å². The molecule has 0 aromatic carbocycles. The molecule has 0 bridgehead atoms. The molecule has 7 nitrogen and oxygen atoms in total. The number of nitrogens with zero attached hydrogens (tertiary/aromatic N) is 2. The SMILES string of the molecule is COCC(C)(CC(=O)O)NC(=O)c1cncnc1. The maximum Gasteiger partial charge on any atom is 0.305 e. The third-order valence-corrected chi connectivity index (χ3v) is 2.24. The lowest BCUT2D eigenvalue weighted by Crippen LogP contribution is -2.50. The molecule has 1 unspecified atom stereocenters. The minimum Gasteiger partial charge on any atom is -0.481 e. The minimum atomic E-state index is -1.01. The van der Waals surface area contributed by atoms with Crippen LogP contribution in [0.5, 0.6) is 0 Å². The second kappa shape index (κ2) is 6.06. The van der Waals surface area contributed by atoms with Crippen LogP contribution >= 0.6 is 0 Å². The van der Waals surface area contributed by atoms with Gasteiger partial charge in [-0.2, -0.15) is 0 Å². The molecule has 2 N–H and O–H groups in total. The normalized spacial score (nSPS) is 13.7. The van der Waals surface area contributed by atoms with Gasteiger partial charge in [0.2, 0.25) is 0 Å². The number of ether oxygens (including phenoxy) is 1. The van der Waals surface area contributed by atoms with E-state index >= 15 is 0 Å². The highest BCUT2D eigenvalue weighted by atomic mass is 16.5. The quantitative estimate of drug-likeness (QED) is 0.744. The molecule has 0 spiro atoms. The first-order valence-electron chi connectivity index (χ1n) is 5.25. The van der Waals surface area contributed by atoms with Gasteiger partial charge in [-0.1, -0.05) is 0 Å². The molecule has 0 saturated heterocycles. The monoisotopic (exact) mass is 253 g/mol. The van der Waals surface area contributed by atoms with E-state index in [0.29, 0.717) is 0 Å². The summed E-state index contributed by atoms with van der Waals surface area (Å²) in [6.07, 6.45) is 3.79. The van der Waals surface area contributed by atoms with Gasteiger partial charge in [-0.25, -0.2) is 9.97 Å². The van der Waals surface area contributed by atoms with E-state index in [4.69, 9.17) is 9.84 Å². The van der Waals surface area contributed by atoms with Crippen molar-refractivity contribution in [3.63, 3.8) is 0 Å². The van der Waals surface area contributed by atoms with E-state index in [9.17, 15) is 9.59 Å². The fraction of sp³-hybridized carbons (Fsp3) is 0.455. The Balaban J connectivity index is 2.78. The molecule has 0 aliphatic heterocycles. The zero-order chi connectivity index (χ0) is 13.6. The lowest BCUT2D eigenvalue weighted by atomic mass is 9.98. The number of carbonyl (C=O) groups is 2. The Bertz CT molecular complexity index is 424. The van der Waals surface area contributed by atoms with Crippen LogP contribution in [-0.2, 0) is 9.53 Å². The number of methoxy groups -OCH3 is 1. The summed E-state index contributed by atoms with van der Waals surface area (Å²) < 4.78 is 4.94. The van der Waals surface area contributed by atoms with Gasteiger partial charge in [0, 0.05) is 19.5 Å². The van der Waals surface area contributed by atoms with Crippen molar-refractivity contribution in [2.45, 2.75) is 18.9 Å². The van der Waals surface area contributed by atoms with Gasteiger partial charge in [0.05, 0.1) is 24.1 Å². The number of amides is 1. The van der Waals surface area contributed by atoms with Crippen LogP contribution in [-0.4, -0.2) is 46.2 Å². The van der Waals surface area contributed by atoms with Crippen LogP contribution in [0.3, 0.4) is 0 Å². The first-order chi connectivity index (χ1) is 8.47. The fourth-order valence-corrected chi connectivity index (χ4v) is 1.55. The Labute approximate surface area is 104 Å². The number of hydrogen-bond donors (Lipinski definition) is 2. The molecule has 98 valence electrons. The van der Waals surface area contributed by atoms with E-state index in [1.165, 1.54) is 25.8 Å². The highest BCUT2D eigenvalue weighted by Crippen LogP contribution is 2.11. The molecule has 0 fully saturated rings. The maximum atomic E-state index is 11.9. The molecule has 0 saturated carbocycles. The maximum absolute atomic E-state index is 11.9. The van der Waals surface area contributed by atoms with Crippen LogP contribution in [0.2, 0.25) is 0 Å². The lowest BCUT2D eigenvalue weighted by Gasteiger charge is -2.28. The summed E-state index contributed by atoms with van der Waals surface area (Å²) in [6, 6.07) is 0. The minimum absolute atomic E-state index is 0.0960. The van der Waals surface area contributed by atoms with Gasteiger partial charge in [0.25, 0.3) is 5.91 Å². The highest BCUT2D eigenvalue weighted by Gasteiger charge is 2.30. The molecular weight excluding hydrogens is 238 g/mol. The fourth-order valence-electron chi connectivity index (χ4n) is 1.55. The average Bonchev–Trinajstić information content (AvgIpc) is 2.28. The van der Waals surface area contributed by atoms with E-state index in [1.54, 1.807) is 6.92 Å². The number of aromatic nitrogens is 2. The number of hydrogen-bond acceptors (Lipinski definition) is 5. The number of carbonyl (C=O) groups excluding carboxylic acids is 1. The number of nitrogens with one attached hydrogen (secondary N) is 1.